The molecule has 1 atom stereocenters. The smallest absolute Gasteiger partial charge is 0.321 e. The molecule has 0 spiro atoms. The Morgan fingerprint density at radius 3 is 2.27 bits per heavy atom. The summed E-state index contributed by atoms with van der Waals surface area (Å²) >= 11 is 0. The van der Waals surface area contributed by atoms with Crippen LogP contribution in [0.15, 0.2) is 0 Å². The van der Waals surface area contributed by atoms with Gasteiger partial charge in [-0.1, -0.05) is 0 Å². The largest absolute Gasteiger partial charge is 0.480 e. The van der Waals surface area contributed by atoms with Gasteiger partial charge in [-0.05, 0) is 0 Å². The fourth-order valence-corrected chi connectivity index (χ4v) is 0.333. The standard InChI is InChI=1S/C4H8N2O4.ClH/c5-2(4(8)9)1-3(7)6-10;/h2,10H,1,5H2,(H,6,7)(H,8,9);1H/t2-;/m1./s1. The first kappa shape index (κ1) is 12.8. The summed E-state index contributed by atoms with van der Waals surface area (Å²) in [5.41, 5.74) is 6.19. The van der Waals surface area contributed by atoms with Gasteiger partial charge >= 0.3 is 5.97 Å². The maximum atomic E-state index is 10.2. The van der Waals surface area contributed by atoms with Crippen molar-refractivity contribution in [1.82, 2.24) is 5.48 Å². The Bertz CT molecular complexity index is 151. The van der Waals surface area contributed by atoms with Crippen LogP contribution in [0.5, 0.6) is 0 Å². The predicted molar refractivity (Wildman–Crippen MR) is 37.4 cm³/mol. The molecular formula is C4H9ClN2O4. The van der Waals surface area contributed by atoms with E-state index in [0.717, 1.165) is 0 Å². The maximum Gasteiger partial charge on any atom is 0.321 e. The van der Waals surface area contributed by atoms with Crippen molar-refractivity contribution < 1.29 is 19.9 Å². The monoisotopic (exact) mass is 184 g/mol. The molecule has 0 unspecified atom stereocenters. The number of nitrogens with two attached hydrogens (primary N) is 1. The number of nitrogens with one attached hydrogen (secondary N) is 1. The van der Waals surface area contributed by atoms with Crippen LogP contribution in [0.2, 0.25) is 0 Å². The molecule has 66 valence electrons. The summed E-state index contributed by atoms with van der Waals surface area (Å²) in [6, 6.07) is -1.26. The third-order valence-corrected chi connectivity index (χ3v) is 0.847. The molecule has 0 bridgehead atoms. The fourth-order valence-electron chi connectivity index (χ4n) is 0.333. The first-order valence-electron chi connectivity index (χ1n) is 2.49. The molecule has 0 saturated heterocycles. The van der Waals surface area contributed by atoms with Crippen molar-refractivity contribution in [2.24, 2.45) is 5.73 Å². The molecule has 0 aromatic heterocycles. The van der Waals surface area contributed by atoms with Gasteiger partial charge in [0.2, 0.25) is 5.91 Å². The zero-order chi connectivity index (χ0) is 8.15. The van der Waals surface area contributed by atoms with Crippen LogP contribution in [0.4, 0.5) is 0 Å². The summed E-state index contributed by atoms with van der Waals surface area (Å²) < 4.78 is 0. The van der Waals surface area contributed by atoms with Crippen molar-refractivity contribution in [3.63, 3.8) is 0 Å². The zero-order valence-corrected chi connectivity index (χ0v) is 6.30. The van der Waals surface area contributed by atoms with Gasteiger partial charge < -0.3 is 10.8 Å². The van der Waals surface area contributed by atoms with E-state index >= 15 is 0 Å². The lowest BCUT2D eigenvalue weighted by atomic mass is 10.2. The van der Waals surface area contributed by atoms with Crippen LogP contribution in [0, 0.1) is 0 Å². The SMILES string of the molecule is Cl.N[C@H](CC(=O)NO)C(=O)O. The highest BCUT2D eigenvalue weighted by atomic mass is 35.5. The number of carboxylic acids is 1. The maximum absolute atomic E-state index is 10.2. The van der Waals surface area contributed by atoms with Gasteiger partial charge in [-0.2, -0.15) is 0 Å². The first-order chi connectivity index (χ1) is 4.57. The number of carboxylic acid groups (broad SMARTS) is 1. The average Bonchev–Trinajstić information content (AvgIpc) is 1.87. The number of amides is 1. The van der Waals surface area contributed by atoms with Gasteiger partial charge in [0, 0.05) is 0 Å². The van der Waals surface area contributed by atoms with Crippen molar-refractivity contribution in [2.45, 2.75) is 12.5 Å². The van der Waals surface area contributed by atoms with Crippen molar-refractivity contribution >= 4 is 24.3 Å². The highest BCUT2D eigenvalue weighted by Gasteiger charge is 2.14. The van der Waals surface area contributed by atoms with Crippen LogP contribution in [0.1, 0.15) is 6.42 Å². The molecule has 0 fully saturated rings. The van der Waals surface area contributed by atoms with Crippen LogP contribution in [-0.2, 0) is 9.59 Å². The van der Waals surface area contributed by atoms with E-state index < -0.39 is 24.3 Å². The number of halogens is 1. The van der Waals surface area contributed by atoms with Crippen LogP contribution in [0.25, 0.3) is 0 Å². The number of hydrogen-bond acceptors (Lipinski definition) is 4. The van der Waals surface area contributed by atoms with E-state index in [1.165, 1.54) is 5.48 Å². The van der Waals surface area contributed by atoms with E-state index in [1.54, 1.807) is 0 Å². The Balaban J connectivity index is 0. The molecule has 7 heteroatoms. The Labute approximate surface area is 68.7 Å². The number of rotatable bonds is 3. The fraction of sp³-hybridized carbons (Fsp3) is 0.500. The van der Waals surface area contributed by atoms with E-state index in [0.29, 0.717) is 0 Å². The molecule has 0 aliphatic heterocycles. The topological polar surface area (TPSA) is 113 Å². The predicted octanol–water partition coefficient (Wildman–Crippen LogP) is -1.28. The summed E-state index contributed by atoms with van der Waals surface area (Å²) in [7, 11) is 0. The average molecular weight is 185 g/mol. The normalized spacial score (nSPS) is 11.1. The minimum Gasteiger partial charge on any atom is -0.480 e. The van der Waals surface area contributed by atoms with E-state index in [4.69, 9.17) is 16.0 Å². The van der Waals surface area contributed by atoms with Crippen molar-refractivity contribution in [3.05, 3.63) is 0 Å². The zero-order valence-electron chi connectivity index (χ0n) is 5.48. The van der Waals surface area contributed by atoms with E-state index in [-0.39, 0.29) is 12.4 Å². The van der Waals surface area contributed by atoms with Crippen LogP contribution in [0.3, 0.4) is 0 Å². The van der Waals surface area contributed by atoms with E-state index in [9.17, 15) is 9.59 Å². The molecule has 0 rings (SSSR count). The van der Waals surface area contributed by atoms with Crippen molar-refractivity contribution in [1.29, 1.82) is 0 Å². The minimum absolute atomic E-state index is 0. The molecule has 0 radical (unpaired) electrons. The van der Waals surface area contributed by atoms with Crippen molar-refractivity contribution in [2.75, 3.05) is 0 Å². The number of hydrogen-bond donors (Lipinski definition) is 4. The minimum atomic E-state index is -1.27. The van der Waals surface area contributed by atoms with Crippen molar-refractivity contribution in [3.8, 4) is 0 Å². The lowest BCUT2D eigenvalue weighted by molar-refractivity contribution is -0.141. The van der Waals surface area contributed by atoms with Crippen LogP contribution < -0.4 is 11.2 Å². The molecule has 0 heterocycles. The van der Waals surface area contributed by atoms with Gasteiger partial charge in [-0.25, -0.2) is 5.48 Å². The molecular weight excluding hydrogens is 176 g/mol. The molecule has 11 heavy (non-hydrogen) atoms. The molecule has 0 saturated carbocycles. The lowest BCUT2D eigenvalue weighted by Gasteiger charge is -2.02. The van der Waals surface area contributed by atoms with Crippen LogP contribution >= 0.6 is 12.4 Å². The number of hydroxylamine groups is 1. The van der Waals surface area contributed by atoms with Gasteiger partial charge in [0.15, 0.2) is 0 Å². The number of carbonyl (C=O) groups excluding carboxylic acids is 1. The molecule has 0 aliphatic rings. The third-order valence-electron chi connectivity index (χ3n) is 0.847. The molecule has 0 aliphatic carbocycles. The van der Waals surface area contributed by atoms with E-state index in [1.807, 2.05) is 0 Å². The van der Waals surface area contributed by atoms with Crippen LogP contribution in [-0.4, -0.2) is 28.2 Å². The summed E-state index contributed by atoms with van der Waals surface area (Å²) in [6.07, 6.45) is -0.425. The molecule has 6 nitrogen and oxygen atoms in total. The Hall–Kier alpha value is -0.850. The Morgan fingerprint density at radius 2 is 2.00 bits per heavy atom. The molecule has 0 aromatic carbocycles. The first-order valence-corrected chi connectivity index (χ1v) is 2.49. The lowest BCUT2D eigenvalue weighted by Crippen LogP contribution is -2.35. The summed E-state index contributed by atoms with van der Waals surface area (Å²) in [5.74, 6) is -2.08. The second-order valence-corrected chi connectivity index (χ2v) is 1.68. The van der Waals surface area contributed by atoms with E-state index in [2.05, 4.69) is 0 Å². The number of aliphatic carboxylic acids is 1. The molecule has 5 N–H and O–H groups in total. The van der Waals surface area contributed by atoms with Gasteiger partial charge in [0.05, 0.1) is 6.42 Å². The Morgan fingerprint density at radius 1 is 1.55 bits per heavy atom. The molecule has 0 aromatic rings. The quantitative estimate of drug-likeness (QED) is 0.322. The van der Waals surface area contributed by atoms with Gasteiger partial charge in [-0.15, -0.1) is 12.4 Å². The van der Waals surface area contributed by atoms with Gasteiger partial charge in [0.25, 0.3) is 0 Å². The van der Waals surface area contributed by atoms with Gasteiger partial charge in [-0.3, -0.25) is 14.8 Å². The molecule has 1 amide bonds. The summed E-state index contributed by atoms with van der Waals surface area (Å²) in [6.45, 7) is 0. The highest BCUT2D eigenvalue weighted by Crippen LogP contribution is 1.86. The second kappa shape index (κ2) is 5.90. The van der Waals surface area contributed by atoms with Gasteiger partial charge in [0.1, 0.15) is 6.04 Å². The summed E-state index contributed by atoms with van der Waals surface area (Å²) in [4.78, 5) is 20.2. The summed E-state index contributed by atoms with van der Waals surface area (Å²) in [5, 5.41) is 16.1. The second-order valence-electron chi connectivity index (χ2n) is 1.68. The highest BCUT2D eigenvalue weighted by molar-refractivity contribution is 5.85. The third kappa shape index (κ3) is 5.59. The number of carbonyl (C=O) groups is 2. The Kier molecular flexibility index (Phi) is 6.86.